The van der Waals surface area contributed by atoms with E-state index >= 15 is 0 Å². The number of hydrogen-bond donors (Lipinski definition) is 0. The molecule has 0 saturated heterocycles. The molecule has 0 spiro atoms. The average Bonchev–Trinajstić information content (AvgIpc) is 3.52. The van der Waals surface area contributed by atoms with E-state index in [0.29, 0.717) is 0 Å². The second-order valence-corrected chi connectivity index (χ2v) is 11.3. The number of imidazole rings is 1. The maximum atomic E-state index is 5.18. The predicted octanol–water partition coefficient (Wildman–Crippen LogP) is 8.85. The number of nitrogens with zero attached hydrogens (tertiary/aromatic N) is 6. The zero-order chi connectivity index (χ0) is 29.7. The molecule has 0 atom stereocenters. The minimum absolute atomic E-state index is 0.849. The Bertz CT molecular complexity index is 2430. The summed E-state index contributed by atoms with van der Waals surface area (Å²) in [6.07, 6.45) is 10.0. The van der Waals surface area contributed by atoms with E-state index in [1.807, 2.05) is 60.7 Å². The Morgan fingerprint density at radius 1 is 0.511 bits per heavy atom. The van der Waals surface area contributed by atoms with Crippen molar-refractivity contribution in [3.8, 4) is 45.3 Å². The summed E-state index contributed by atoms with van der Waals surface area (Å²) in [4.78, 5) is 24.2. The van der Waals surface area contributed by atoms with Crippen molar-refractivity contribution < 1.29 is 0 Å². The minimum Gasteiger partial charge on any atom is -0.292 e. The van der Waals surface area contributed by atoms with Crippen LogP contribution in [0.5, 0.6) is 0 Å². The van der Waals surface area contributed by atoms with Crippen molar-refractivity contribution in [3.05, 3.63) is 139 Å². The third-order valence-electron chi connectivity index (χ3n) is 8.55. The van der Waals surface area contributed by atoms with Crippen LogP contribution in [-0.2, 0) is 6.42 Å². The van der Waals surface area contributed by atoms with Crippen LogP contribution in [0.1, 0.15) is 17.8 Å². The highest BCUT2D eigenvalue weighted by atomic mass is 15.0. The molecule has 0 N–H and O–H groups in total. The molecular formula is C39H26N6. The van der Waals surface area contributed by atoms with Gasteiger partial charge in [-0.05, 0) is 97.1 Å². The van der Waals surface area contributed by atoms with Gasteiger partial charge in [0.25, 0.3) is 0 Å². The van der Waals surface area contributed by atoms with Gasteiger partial charge in [-0.2, -0.15) is 0 Å². The van der Waals surface area contributed by atoms with Crippen LogP contribution in [0.3, 0.4) is 0 Å². The second kappa shape index (κ2) is 10.3. The van der Waals surface area contributed by atoms with Crippen molar-refractivity contribution in [1.29, 1.82) is 0 Å². The van der Waals surface area contributed by atoms with Crippen LogP contribution in [0.25, 0.3) is 78.7 Å². The molecule has 1 aliphatic carbocycles. The molecule has 2 aromatic carbocycles. The first kappa shape index (κ1) is 25.5. The van der Waals surface area contributed by atoms with Crippen LogP contribution in [0.2, 0.25) is 0 Å². The highest BCUT2D eigenvalue weighted by molar-refractivity contribution is 6.14. The van der Waals surface area contributed by atoms with Crippen LogP contribution in [0, 0.1) is 0 Å². The van der Waals surface area contributed by atoms with E-state index in [1.165, 1.54) is 5.69 Å². The summed E-state index contributed by atoms with van der Waals surface area (Å²) < 4.78 is 2.32. The lowest BCUT2D eigenvalue weighted by Crippen LogP contribution is -1.97. The van der Waals surface area contributed by atoms with E-state index in [9.17, 15) is 0 Å². The molecule has 0 radical (unpaired) electrons. The third kappa shape index (κ3) is 4.30. The number of pyridine rings is 5. The van der Waals surface area contributed by atoms with Crippen LogP contribution < -0.4 is 0 Å². The Balaban J connectivity index is 1.28. The van der Waals surface area contributed by atoms with Crippen molar-refractivity contribution in [1.82, 2.24) is 29.3 Å². The van der Waals surface area contributed by atoms with Gasteiger partial charge in [0.1, 0.15) is 5.65 Å². The van der Waals surface area contributed by atoms with E-state index in [-0.39, 0.29) is 0 Å². The van der Waals surface area contributed by atoms with Crippen molar-refractivity contribution in [2.45, 2.75) is 12.8 Å². The number of allylic oxidation sites excluding steroid dienone is 1. The number of fused-ring (bicyclic) bond motifs is 8. The maximum Gasteiger partial charge on any atom is 0.145 e. The fourth-order valence-corrected chi connectivity index (χ4v) is 6.40. The first-order valence-electron chi connectivity index (χ1n) is 15.2. The van der Waals surface area contributed by atoms with Crippen LogP contribution >= 0.6 is 0 Å². The zero-order valence-corrected chi connectivity index (χ0v) is 24.3. The standard InChI is InChI=1S/C39H26N6/c1-2-16-38-36(11-1)44-39-27-19-17-25(30-12-7-14-34(42-30)32-9-3-5-21-40-32)23-28(27)29-24-26(18-20-37(29)45(38)39)31-13-8-15-35(43-31)33-10-4-6-22-41-33/h2-10,12-24H,1,11H2. The molecule has 0 aliphatic heterocycles. The molecule has 0 unspecified atom stereocenters. The fourth-order valence-electron chi connectivity index (χ4n) is 6.40. The van der Waals surface area contributed by atoms with Crippen molar-refractivity contribution in [2.24, 2.45) is 0 Å². The number of benzene rings is 2. The summed E-state index contributed by atoms with van der Waals surface area (Å²) in [6.45, 7) is 0. The van der Waals surface area contributed by atoms with E-state index in [2.05, 4.69) is 75.1 Å². The fraction of sp³-hybridized carbons (Fsp3) is 0.0513. The molecule has 6 nitrogen and oxygen atoms in total. The van der Waals surface area contributed by atoms with Crippen LogP contribution in [-0.4, -0.2) is 29.3 Å². The molecule has 45 heavy (non-hydrogen) atoms. The number of aromatic nitrogens is 6. The summed E-state index contributed by atoms with van der Waals surface area (Å²) >= 11 is 0. The molecule has 8 aromatic rings. The first-order chi connectivity index (χ1) is 22.3. The molecule has 212 valence electrons. The largest absolute Gasteiger partial charge is 0.292 e. The molecule has 6 aromatic heterocycles. The number of rotatable bonds is 4. The van der Waals surface area contributed by atoms with Crippen molar-refractivity contribution in [2.75, 3.05) is 0 Å². The lowest BCUT2D eigenvalue weighted by Gasteiger charge is -2.14. The highest BCUT2D eigenvalue weighted by Crippen LogP contribution is 2.37. The monoisotopic (exact) mass is 578 g/mol. The van der Waals surface area contributed by atoms with Crippen molar-refractivity contribution in [3.63, 3.8) is 0 Å². The molecule has 9 rings (SSSR count). The summed E-state index contributed by atoms with van der Waals surface area (Å²) in [5.41, 5.74) is 11.7. The highest BCUT2D eigenvalue weighted by Gasteiger charge is 2.19. The maximum absolute atomic E-state index is 5.18. The third-order valence-corrected chi connectivity index (χ3v) is 8.55. The minimum atomic E-state index is 0.849. The van der Waals surface area contributed by atoms with Crippen LogP contribution in [0.4, 0.5) is 0 Å². The summed E-state index contributed by atoms with van der Waals surface area (Å²) in [6, 6.07) is 37.3. The molecule has 0 saturated carbocycles. The second-order valence-electron chi connectivity index (χ2n) is 11.3. The van der Waals surface area contributed by atoms with E-state index in [0.717, 1.165) is 91.1 Å². The lowest BCUT2D eigenvalue weighted by molar-refractivity contribution is 0.943. The van der Waals surface area contributed by atoms with Gasteiger partial charge in [-0.15, -0.1) is 0 Å². The quantitative estimate of drug-likeness (QED) is 0.195. The zero-order valence-electron chi connectivity index (χ0n) is 24.3. The SMILES string of the molecule is C1=Cc2c(nc3c4ccc(-c5cccc(-c6ccccn6)n5)cc4c4cc(-c5cccc(-c6ccccn6)n5)ccc4n23)CC1. The molecule has 6 heteroatoms. The molecule has 6 heterocycles. The molecule has 0 amide bonds. The van der Waals surface area contributed by atoms with Gasteiger partial charge in [-0.1, -0.05) is 42.5 Å². The van der Waals surface area contributed by atoms with Gasteiger partial charge in [0, 0.05) is 34.3 Å². The Labute approximate surface area is 259 Å². The molecule has 1 aliphatic rings. The van der Waals surface area contributed by atoms with E-state index in [4.69, 9.17) is 15.0 Å². The van der Waals surface area contributed by atoms with Gasteiger partial charge in [0.2, 0.25) is 0 Å². The van der Waals surface area contributed by atoms with Gasteiger partial charge >= 0.3 is 0 Å². The first-order valence-corrected chi connectivity index (χ1v) is 15.2. The molecule has 0 bridgehead atoms. The Hall–Kier alpha value is -6.01. The summed E-state index contributed by atoms with van der Waals surface area (Å²) in [7, 11) is 0. The van der Waals surface area contributed by atoms with Gasteiger partial charge in [-0.3, -0.25) is 14.4 Å². The van der Waals surface area contributed by atoms with Gasteiger partial charge in [0.05, 0.1) is 51.1 Å². The van der Waals surface area contributed by atoms with Gasteiger partial charge < -0.3 is 0 Å². The molecular weight excluding hydrogens is 552 g/mol. The number of hydrogen-bond acceptors (Lipinski definition) is 5. The summed E-state index contributed by atoms with van der Waals surface area (Å²) in [5, 5.41) is 3.39. The van der Waals surface area contributed by atoms with Crippen molar-refractivity contribution >= 4 is 33.4 Å². The topological polar surface area (TPSA) is 68.9 Å². The van der Waals surface area contributed by atoms with E-state index in [1.54, 1.807) is 12.4 Å². The Morgan fingerprint density at radius 3 is 1.80 bits per heavy atom. The smallest absolute Gasteiger partial charge is 0.145 e. The Kier molecular flexibility index (Phi) is 5.84. The average molecular weight is 579 g/mol. The normalized spacial score (nSPS) is 12.6. The van der Waals surface area contributed by atoms with Gasteiger partial charge in [-0.25, -0.2) is 15.0 Å². The lowest BCUT2D eigenvalue weighted by atomic mass is 9.98. The molecule has 0 fully saturated rings. The van der Waals surface area contributed by atoms with Gasteiger partial charge in [0.15, 0.2) is 0 Å². The number of aryl methyl sites for hydroxylation is 1. The summed E-state index contributed by atoms with van der Waals surface area (Å²) in [5.74, 6) is 0. The predicted molar refractivity (Wildman–Crippen MR) is 180 cm³/mol. The Morgan fingerprint density at radius 2 is 1.13 bits per heavy atom. The van der Waals surface area contributed by atoms with E-state index < -0.39 is 0 Å². The van der Waals surface area contributed by atoms with Crippen LogP contribution in [0.15, 0.2) is 128 Å².